The number of alkyl halides is 4. The number of halogens is 4. The molecule has 0 amide bonds. The first kappa shape index (κ1) is 11.5. The predicted molar refractivity (Wildman–Crippen MR) is 47.9 cm³/mol. The van der Waals surface area contributed by atoms with Crippen LogP contribution in [0.5, 0.6) is 0 Å². The summed E-state index contributed by atoms with van der Waals surface area (Å²) in [5.41, 5.74) is 0.719. The first-order chi connectivity index (χ1) is 6.51. The molecule has 0 aromatic carbocycles. The van der Waals surface area contributed by atoms with E-state index in [9.17, 15) is 13.2 Å². The minimum atomic E-state index is -4.08. The van der Waals surface area contributed by atoms with Crippen molar-refractivity contribution < 1.29 is 13.2 Å². The largest absolute Gasteiger partial charge is 0.389 e. The molecule has 0 atom stereocenters. The van der Waals surface area contributed by atoms with Gasteiger partial charge in [-0.2, -0.15) is 13.2 Å². The summed E-state index contributed by atoms with van der Waals surface area (Å²) in [6, 6.07) is 0. The van der Waals surface area contributed by atoms with Gasteiger partial charge in [0.05, 0.1) is 5.69 Å². The van der Waals surface area contributed by atoms with E-state index in [1.165, 1.54) is 4.68 Å². The number of hydrogen-bond acceptors (Lipinski definition) is 2. The molecular formula is C7H9BrF3N3. The van der Waals surface area contributed by atoms with Crippen LogP contribution >= 0.6 is 15.9 Å². The normalized spacial score (nSPS) is 12.0. The van der Waals surface area contributed by atoms with Gasteiger partial charge in [0.25, 0.3) is 0 Å². The Morgan fingerprint density at radius 3 is 2.64 bits per heavy atom. The third-order valence-corrected chi connectivity index (χ3v) is 2.14. The summed E-state index contributed by atoms with van der Waals surface area (Å²) >= 11 is 3.17. The highest BCUT2D eigenvalue weighted by Crippen LogP contribution is 2.21. The Morgan fingerprint density at radius 2 is 2.14 bits per heavy atom. The molecule has 0 fully saturated rings. The lowest BCUT2D eigenvalue weighted by molar-refractivity contribution is -0.136. The van der Waals surface area contributed by atoms with Crippen molar-refractivity contribution in [3.63, 3.8) is 0 Å². The van der Waals surface area contributed by atoms with Crippen LogP contribution in [0, 0.1) is 0 Å². The third-order valence-electron chi connectivity index (χ3n) is 1.57. The van der Waals surface area contributed by atoms with E-state index in [1.54, 1.807) is 6.20 Å². The molecule has 1 aromatic rings. The van der Waals surface area contributed by atoms with Gasteiger partial charge in [0, 0.05) is 24.5 Å². The maximum atomic E-state index is 11.8. The zero-order valence-corrected chi connectivity index (χ0v) is 8.85. The summed E-state index contributed by atoms with van der Waals surface area (Å²) in [4.78, 5) is 0. The van der Waals surface area contributed by atoms with Crippen LogP contribution in [0.1, 0.15) is 18.5 Å². The molecule has 0 aliphatic rings. The van der Waals surface area contributed by atoms with Crippen LogP contribution in [-0.4, -0.2) is 21.2 Å². The number of nitrogens with zero attached hydrogens (tertiary/aromatic N) is 3. The highest BCUT2D eigenvalue weighted by atomic mass is 79.9. The number of rotatable bonds is 4. The van der Waals surface area contributed by atoms with Gasteiger partial charge in [0.2, 0.25) is 0 Å². The van der Waals surface area contributed by atoms with E-state index in [4.69, 9.17) is 0 Å². The van der Waals surface area contributed by atoms with E-state index in [0.29, 0.717) is 5.33 Å². The van der Waals surface area contributed by atoms with Crippen molar-refractivity contribution in [2.45, 2.75) is 30.9 Å². The summed E-state index contributed by atoms with van der Waals surface area (Å²) in [6.45, 7) is 0.250. The Morgan fingerprint density at radius 1 is 1.43 bits per heavy atom. The maximum Gasteiger partial charge on any atom is 0.389 e. The lowest BCUT2D eigenvalue weighted by Crippen LogP contribution is -2.09. The molecule has 3 nitrogen and oxygen atoms in total. The summed E-state index contributed by atoms with van der Waals surface area (Å²) in [6.07, 6.45) is -3.20. The molecule has 0 bridgehead atoms. The minimum Gasteiger partial charge on any atom is -0.252 e. The Hall–Kier alpha value is -0.590. The smallest absolute Gasteiger partial charge is 0.252 e. The molecule has 0 aliphatic heterocycles. The second kappa shape index (κ2) is 4.77. The summed E-state index contributed by atoms with van der Waals surface area (Å²) < 4.78 is 36.7. The second-order valence-corrected chi connectivity index (χ2v) is 3.39. The molecule has 0 aliphatic carbocycles. The van der Waals surface area contributed by atoms with Crippen LogP contribution in [0.25, 0.3) is 0 Å². The Balaban J connectivity index is 2.31. The van der Waals surface area contributed by atoms with Crippen LogP contribution in [0.4, 0.5) is 13.2 Å². The average molecular weight is 272 g/mol. The lowest BCUT2D eigenvalue weighted by Gasteiger charge is -2.04. The molecule has 0 spiro atoms. The molecule has 80 valence electrons. The topological polar surface area (TPSA) is 30.7 Å². The molecule has 14 heavy (non-hydrogen) atoms. The summed E-state index contributed by atoms with van der Waals surface area (Å²) in [5, 5.41) is 7.97. The molecule has 1 rings (SSSR count). The van der Waals surface area contributed by atoms with Crippen LogP contribution in [-0.2, 0) is 11.9 Å². The third kappa shape index (κ3) is 4.08. The van der Waals surface area contributed by atoms with Crippen LogP contribution in [0.2, 0.25) is 0 Å². The van der Waals surface area contributed by atoms with Gasteiger partial charge in [-0.25, -0.2) is 0 Å². The molecule has 0 saturated carbocycles. The van der Waals surface area contributed by atoms with Gasteiger partial charge in [0.15, 0.2) is 0 Å². The van der Waals surface area contributed by atoms with E-state index in [2.05, 4.69) is 26.2 Å². The maximum absolute atomic E-state index is 11.8. The number of aromatic nitrogens is 3. The highest BCUT2D eigenvalue weighted by Gasteiger charge is 2.26. The molecule has 0 radical (unpaired) electrons. The van der Waals surface area contributed by atoms with Gasteiger partial charge >= 0.3 is 6.18 Å². The number of hydrogen-bond donors (Lipinski definition) is 0. The van der Waals surface area contributed by atoms with Crippen molar-refractivity contribution in [2.75, 3.05) is 0 Å². The Kier molecular flexibility index (Phi) is 3.91. The molecule has 0 unspecified atom stereocenters. The van der Waals surface area contributed by atoms with E-state index >= 15 is 0 Å². The van der Waals surface area contributed by atoms with Crippen molar-refractivity contribution in [1.29, 1.82) is 0 Å². The van der Waals surface area contributed by atoms with E-state index in [-0.39, 0.29) is 13.0 Å². The van der Waals surface area contributed by atoms with Crippen molar-refractivity contribution in [3.8, 4) is 0 Å². The van der Waals surface area contributed by atoms with Crippen molar-refractivity contribution >= 4 is 15.9 Å². The van der Waals surface area contributed by atoms with Crippen LogP contribution in [0.15, 0.2) is 6.20 Å². The lowest BCUT2D eigenvalue weighted by atomic mass is 10.3. The predicted octanol–water partition coefficient (Wildman–Crippen LogP) is 2.52. The number of aryl methyl sites for hydroxylation is 1. The van der Waals surface area contributed by atoms with Crippen molar-refractivity contribution in [3.05, 3.63) is 11.9 Å². The fourth-order valence-electron chi connectivity index (χ4n) is 0.951. The van der Waals surface area contributed by atoms with Crippen molar-refractivity contribution in [1.82, 2.24) is 15.0 Å². The average Bonchev–Trinajstić information content (AvgIpc) is 2.50. The molecule has 1 heterocycles. The quantitative estimate of drug-likeness (QED) is 0.788. The first-order valence-corrected chi connectivity index (χ1v) is 5.15. The SMILES string of the molecule is FC(F)(F)CCCn1cc(CBr)nn1. The summed E-state index contributed by atoms with van der Waals surface area (Å²) in [5.74, 6) is 0. The van der Waals surface area contributed by atoms with Crippen LogP contribution in [0.3, 0.4) is 0 Å². The second-order valence-electron chi connectivity index (χ2n) is 2.83. The van der Waals surface area contributed by atoms with Gasteiger partial charge in [-0.3, -0.25) is 4.68 Å². The van der Waals surface area contributed by atoms with E-state index in [1.807, 2.05) is 0 Å². The fraction of sp³-hybridized carbons (Fsp3) is 0.714. The molecule has 0 N–H and O–H groups in total. The van der Waals surface area contributed by atoms with E-state index in [0.717, 1.165) is 5.69 Å². The van der Waals surface area contributed by atoms with Gasteiger partial charge in [0.1, 0.15) is 0 Å². The van der Waals surface area contributed by atoms with E-state index < -0.39 is 12.6 Å². The minimum absolute atomic E-state index is 0.0363. The van der Waals surface area contributed by atoms with Gasteiger partial charge in [-0.1, -0.05) is 21.1 Å². The molecular weight excluding hydrogens is 263 g/mol. The molecule has 1 aromatic heterocycles. The van der Waals surface area contributed by atoms with Crippen LogP contribution < -0.4 is 0 Å². The highest BCUT2D eigenvalue weighted by molar-refractivity contribution is 9.08. The zero-order chi connectivity index (χ0) is 10.6. The Labute approximate surface area is 87.4 Å². The first-order valence-electron chi connectivity index (χ1n) is 4.03. The zero-order valence-electron chi connectivity index (χ0n) is 7.26. The fourth-order valence-corrected chi connectivity index (χ4v) is 1.21. The van der Waals surface area contributed by atoms with Gasteiger partial charge in [-0.15, -0.1) is 5.10 Å². The monoisotopic (exact) mass is 271 g/mol. The summed E-state index contributed by atoms with van der Waals surface area (Å²) in [7, 11) is 0. The van der Waals surface area contributed by atoms with Gasteiger partial charge < -0.3 is 0 Å². The Bertz CT molecular complexity index is 284. The molecule has 0 saturated heterocycles. The van der Waals surface area contributed by atoms with Gasteiger partial charge in [-0.05, 0) is 6.42 Å². The standard InChI is InChI=1S/C7H9BrF3N3/c8-4-6-5-14(13-12-6)3-1-2-7(9,10)11/h5H,1-4H2. The van der Waals surface area contributed by atoms with Crippen molar-refractivity contribution in [2.24, 2.45) is 0 Å². The molecule has 7 heteroatoms.